The summed E-state index contributed by atoms with van der Waals surface area (Å²) in [5, 5.41) is 10.6. The van der Waals surface area contributed by atoms with Gasteiger partial charge in [0.2, 0.25) is 11.7 Å². The van der Waals surface area contributed by atoms with Gasteiger partial charge in [-0.15, -0.1) is 0 Å². The average Bonchev–Trinajstić information content (AvgIpc) is 2.71. The fraction of sp³-hybridized carbons (Fsp3) is 0.381. The van der Waals surface area contributed by atoms with Crippen LogP contribution in [-0.2, 0) is 11.2 Å². The maximum atomic E-state index is 12.7. The van der Waals surface area contributed by atoms with E-state index in [1.165, 1.54) is 21.3 Å². The van der Waals surface area contributed by atoms with Gasteiger partial charge in [-0.05, 0) is 30.2 Å². The lowest BCUT2D eigenvalue weighted by Crippen LogP contribution is -2.39. The first-order valence-corrected chi connectivity index (χ1v) is 8.70. The molecule has 0 aliphatic heterocycles. The second kappa shape index (κ2) is 9.28. The Morgan fingerprint density at radius 1 is 1.04 bits per heavy atom. The molecule has 0 radical (unpaired) electrons. The van der Waals surface area contributed by atoms with Crippen LogP contribution in [-0.4, -0.2) is 50.3 Å². The number of hydrogen-bond donors (Lipinski definition) is 1. The Labute approximate surface area is 160 Å². The first kappa shape index (κ1) is 20.6. The molecule has 0 spiro atoms. The normalized spacial score (nSPS) is 12.8. The molecule has 146 valence electrons. The van der Waals surface area contributed by atoms with Crippen LogP contribution in [0.1, 0.15) is 24.2 Å². The van der Waals surface area contributed by atoms with Gasteiger partial charge in [0, 0.05) is 7.05 Å². The van der Waals surface area contributed by atoms with E-state index in [-0.39, 0.29) is 18.4 Å². The van der Waals surface area contributed by atoms with Crippen LogP contribution < -0.4 is 14.2 Å². The summed E-state index contributed by atoms with van der Waals surface area (Å²) >= 11 is 0. The van der Waals surface area contributed by atoms with E-state index >= 15 is 0 Å². The molecule has 0 heterocycles. The first-order valence-electron chi connectivity index (χ1n) is 8.70. The van der Waals surface area contributed by atoms with E-state index < -0.39 is 6.10 Å². The number of carbonyl (C=O) groups is 1. The number of hydrogen-bond acceptors (Lipinski definition) is 5. The predicted molar refractivity (Wildman–Crippen MR) is 103 cm³/mol. The molecule has 0 fully saturated rings. The predicted octanol–water partition coefficient (Wildman–Crippen LogP) is 2.84. The molecule has 0 unspecified atom stereocenters. The van der Waals surface area contributed by atoms with Crippen molar-refractivity contribution in [3.8, 4) is 17.2 Å². The summed E-state index contributed by atoms with van der Waals surface area (Å²) in [4.78, 5) is 14.3. The molecule has 2 rings (SSSR count). The summed E-state index contributed by atoms with van der Waals surface area (Å²) in [6.07, 6.45) is -0.612. The van der Waals surface area contributed by atoms with Crippen molar-refractivity contribution in [2.75, 3.05) is 28.4 Å². The van der Waals surface area contributed by atoms with Gasteiger partial charge in [-0.25, -0.2) is 0 Å². The Morgan fingerprint density at radius 2 is 1.59 bits per heavy atom. The third kappa shape index (κ3) is 4.71. The third-order valence-electron chi connectivity index (χ3n) is 4.68. The van der Waals surface area contributed by atoms with Crippen LogP contribution in [0.5, 0.6) is 17.2 Å². The van der Waals surface area contributed by atoms with Gasteiger partial charge >= 0.3 is 0 Å². The molecule has 0 aliphatic rings. The number of carbonyl (C=O) groups excluding carboxylic acids is 1. The highest BCUT2D eigenvalue weighted by Crippen LogP contribution is 2.38. The van der Waals surface area contributed by atoms with Crippen molar-refractivity contribution in [2.24, 2.45) is 0 Å². The maximum Gasteiger partial charge on any atom is 0.227 e. The number of nitrogens with zero attached hydrogens (tertiary/aromatic N) is 1. The molecule has 0 saturated heterocycles. The van der Waals surface area contributed by atoms with Crippen LogP contribution in [0.2, 0.25) is 0 Å². The van der Waals surface area contributed by atoms with E-state index in [2.05, 4.69) is 0 Å². The van der Waals surface area contributed by atoms with Gasteiger partial charge in [0.05, 0.1) is 39.9 Å². The largest absolute Gasteiger partial charge is 0.493 e. The van der Waals surface area contributed by atoms with Crippen LogP contribution in [0.3, 0.4) is 0 Å². The van der Waals surface area contributed by atoms with Crippen LogP contribution >= 0.6 is 0 Å². The van der Waals surface area contributed by atoms with Gasteiger partial charge in [0.1, 0.15) is 0 Å². The van der Waals surface area contributed by atoms with E-state index in [0.29, 0.717) is 17.2 Å². The molecular weight excluding hydrogens is 346 g/mol. The molecule has 2 aromatic carbocycles. The highest BCUT2D eigenvalue weighted by atomic mass is 16.5. The molecule has 27 heavy (non-hydrogen) atoms. The van der Waals surface area contributed by atoms with E-state index in [4.69, 9.17) is 14.2 Å². The molecule has 6 heteroatoms. The number of ether oxygens (including phenoxy) is 3. The van der Waals surface area contributed by atoms with Crippen molar-refractivity contribution >= 4 is 5.91 Å². The lowest BCUT2D eigenvalue weighted by molar-refractivity contribution is -0.133. The number of aliphatic hydroxyl groups excluding tert-OH is 1. The minimum absolute atomic E-state index is 0.119. The lowest BCUT2D eigenvalue weighted by Gasteiger charge is -2.29. The van der Waals surface area contributed by atoms with Crippen molar-refractivity contribution in [3.63, 3.8) is 0 Å². The first-order chi connectivity index (χ1) is 12.9. The maximum absolute atomic E-state index is 12.7. The zero-order valence-corrected chi connectivity index (χ0v) is 16.4. The van der Waals surface area contributed by atoms with Crippen molar-refractivity contribution in [1.29, 1.82) is 0 Å². The summed E-state index contributed by atoms with van der Waals surface area (Å²) in [6, 6.07) is 12.4. The minimum Gasteiger partial charge on any atom is -0.493 e. The van der Waals surface area contributed by atoms with Gasteiger partial charge in [0.25, 0.3) is 0 Å². The highest BCUT2D eigenvalue weighted by molar-refractivity contribution is 5.79. The topological polar surface area (TPSA) is 68.2 Å². The van der Waals surface area contributed by atoms with Crippen LogP contribution in [0, 0.1) is 0 Å². The summed E-state index contributed by atoms with van der Waals surface area (Å²) in [7, 11) is 6.30. The van der Waals surface area contributed by atoms with Gasteiger partial charge in [-0.3, -0.25) is 4.79 Å². The third-order valence-corrected chi connectivity index (χ3v) is 4.68. The molecule has 2 atom stereocenters. The second-order valence-electron chi connectivity index (χ2n) is 6.31. The van der Waals surface area contributed by atoms with E-state index in [0.717, 1.165) is 11.1 Å². The lowest BCUT2D eigenvalue weighted by atomic mass is 10.0. The Hall–Kier alpha value is -2.73. The summed E-state index contributed by atoms with van der Waals surface area (Å²) in [6.45, 7) is 1.82. The van der Waals surface area contributed by atoms with Gasteiger partial charge < -0.3 is 24.2 Å². The Bertz CT molecular complexity index is 737. The van der Waals surface area contributed by atoms with Crippen molar-refractivity contribution in [3.05, 3.63) is 53.6 Å². The molecule has 6 nitrogen and oxygen atoms in total. The number of benzene rings is 2. The standard InChI is InChI=1S/C21H27NO5/c1-14(20(24)16-9-7-6-8-10-16)22(2)19(23)13-15-11-17(25-3)21(27-5)18(12-15)26-4/h6-12,14,20,24H,13H2,1-5H3/t14-,20+/m0/s1. The van der Waals surface area contributed by atoms with Crippen LogP contribution in [0.15, 0.2) is 42.5 Å². The van der Waals surface area contributed by atoms with Crippen molar-refractivity contribution in [2.45, 2.75) is 25.5 Å². The Kier molecular flexibility index (Phi) is 7.07. The van der Waals surface area contributed by atoms with Crippen LogP contribution in [0.4, 0.5) is 0 Å². The SMILES string of the molecule is COc1cc(CC(=O)N(C)[C@@H](C)[C@@H](O)c2ccccc2)cc(OC)c1OC. The molecule has 1 amide bonds. The molecule has 0 saturated carbocycles. The zero-order chi connectivity index (χ0) is 20.0. The molecular formula is C21H27NO5. The average molecular weight is 373 g/mol. The number of amides is 1. The van der Waals surface area contributed by atoms with Crippen molar-refractivity contribution in [1.82, 2.24) is 4.90 Å². The number of aliphatic hydroxyl groups is 1. The zero-order valence-electron chi connectivity index (χ0n) is 16.4. The highest BCUT2D eigenvalue weighted by Gasteiger charge is 2.24. The monoisotopic (exact) mass is 373 g/mol. The van der Waals surface area contributed by atoms with Gasteiger partial charge in [-0.2, -0.15) is 0 Å². The van der Waals surface area contributed by atoms with Gasteiger partial charge in [-0.1, -0.05) is 30.3 Å². The summed E-state index contributed by atoms with van der Waals surface area (Å²) in [5.41, 5.74) is 1.51. The smallest absolute Gasteiger partial charge is 0.227 e. The van der Waals surface area contributed by atoms with Crippen LogP contribution in [0.25, 0.3) is 0 Å². The fourth-order valence-electron chi connectivity index (χ4n) is 2.90. The number of likely N-dealkylation sites (N-methyl/N-ethyl adjacent to an activating group) is 1. The summed E-state index contributed by atoms with van der Waals surface area (Å²) in [5.74, 6) is 1.36. The molecule has 1 N–H and O–H groups in total. The molecule has 2 aromatic rings. The molecule has 0 aromatic heterocycles. The quantitative estimate of drug-likeness (QED) is 0.771. The van der Waals surface area contributed by atoms with E-state index in [1.54, 1.807) is 24.1 Å². The minimum atomic E-state index is -0.764. The Balaban J connectivity index is 2.16. The van der Waals surface area contributed by atoms with Crippen molar-refractivity contribution < 1.29 is 24.1 Å². The summed E-state index contributed by atoms with van der Waals surface area (Å²) < 4.78 is 16.0. The fourth-order valence-corrected chi connectivity index (χ4v) is 2.90. The van der Waals surface area contributed by atoms with E-state index in [1.807, 2.05) is 37.3 Å². The Morgan fingerprint density at radius 3 is 2.07 bits per heavy atom. The van der Waals surface area contributed by atoms with Gasteiger partial charge in [0.15, 0.2) is 11.5 Å². The molecule has 0 bridgehead atoms. The second-order valence-corrected chi connectivity index (χ2v) is 6.31. The number of methoxy groups -OCH3 is 3. The molecule has 0 aliphatic carbocycles. The number of rotatable bonds is 8. The van der Waals surface area contributed by atoms with E-state index in [9.17, 15) is 9.90 Å².